The Kier molecular flexibility index (Phi) is 7.12. The van der Waals surface area contributed by atoms with Crippen molar-refractivity contribution in [2.45, 2.75) is 89.4 Å². The lowest BCUT2D eigenvalue weighted by Gasteiger charge is -2.37. The van der Waals surface area contributed by atoms with E-state index in [2.05, 4.69) is 160 Å². The summed E-state index contributed by atoms with van der Waals surface area (Å²) in [6, 6.07) is 42.3. The molecule has 0 N–H and O–H groups in total. The molecule has 5 aromatic rings. The quantitative estimate of drug-likeness (QED) is 0.153. The molecule has 5 atom stereocenters. The van der Waals surface area contributed by atoms with Gasteiger partial charge in [-0.05, 0) is 159 Å². The Morgan fingerprint density at radius 2 is 1.50 bits per heavy atom. The number of allylic oxidation sites excluding steroid dienone is 6. The van der Waals surface area contributed by atoms with Gasteiger partial charge in [0.15, 0.2) is 0 Å². The summed E-state index contributed by atoms with van der Waals surface area (Å²) < 4.78 is 0. The van der Waals surface area contributed by atoms with Crippen LogP contribution in [-0.2, 0) is 10.8 Å². The van der Waals surface area contributed by atoms with Crippen LogP contribution in [0.15, 0.2) is 139 Å². The second-order valence-electron chi connectivity index (χ2n) is 17.7. The van der Waals surface area contributed by atoms with Gasteiger partial charge in [0.05, 0.1) is 5.41 Å². The van der Waals surface area contributed by atoms with Crippen molar-refractivity contribution < 1.29 is 0 Å². The molecule has 0 amide bonds. The standard InChI is InChI=1S/C53H51N/c1-5-6-16-39-33(2)52(3,4)48-32-38(28-30-41(39)48)54(36-14-8-7-9-15-36)37-26-23-34(24-27-37)35-25-29-42-44-19-13-21-46-45-20-12-18-43-40-17-10-11-22-47(40)53(50(43)45,51(44)46)49(42)31-35/h7-10,13-15,17,19-21,23-33,39-40,47H,5-6,11-12,16,18,22H2,1-4H3. The van der Waals surface area contributed by atoms with Crippen LogP contribution in [0.5, 0.6) is 0 Å². The summed E-state index contributed by atoms with van der Waals surface area (Å²) in [6.07, 6.45) is 16.3. The highest BCUT2D eigenvalue weighted by molar-refractivity contribution is 6.03. The van der Waals surface area contributed by atoms with Crippen molar-refractivity contribution in [2.75, 3.05) is 4.90 Å². The zero-order chi connectivity index (χ0) is 36.3. The molecular formula is C53H51N. The number of fused-ring (bicyclic) bond motifs is 6. The van der Waals surface area contributed by atoms with E-state index >= 15 is 0 Å². The average Bonchev–Trinajstić information content (AvgIpc) is 3.86. The summed E-state index contributed by atoms with van der Waals surface area (Å²) in [7, 11) is 0. The Bertz CT molecular complexity index is 2440. The largest absolute Gasteiger partial charge is 0.310 e. The molecule has 1 heteroatoms. The van der Waals surface area contributed by atoms with Crippen LogP contribution in [0.25, 0.3) is 27.8 Å². The molecule has 6 aliphatic rings. The van der Waals surface area contributed by atoms with Gasteiger partial charge in [-0.15, -0.1) is 0 Å². The number of hydrogen-bond acceptors (Lipinski definition) is 1. The lowest BCUT2D eigenvalue weighted by atomic mass is 9.64. The third-order valence-electron chi connectivity index (χ3n) is 15.1. The molecule has 0 saturated heterocycles. The third-order valence-corrected chi connectivity index (χ3v) is 15.1. The second-order valence-corrected chi connectivity index (χ2v) is 17.7. The molecule has 0 bridgehead atoms. The monoisotopic (exact) mass is 701 g/mol. The van der Waals surface area contributed by atoms with Crippen LogP contribution >= 0.6 is 0 Å². The summed E-state index contributed by atoms with van der Waals surface area (Å²) in [6.45, 7) is 9.73. The Morgan fingerprint density at radius 1 is 0.722 bits per heavy atom. The molecule has 5 unspecified atom stereocenters. The topological polar surface area (TPSA) is 3.24 Å². The smallest absolute Gasteiger partial charge is 0.0512 e. The third kappa shape index (κ3) is 4.22. The van der Waals surface area contributed by atoms with E-state index in [0.717, 1.165) is 0 Å². The maximum atomic E-state index is 2.60. The summed E-state index contributed by atoms with van der Waals surface area (Å²) in [5.41, 5.74) is 22.1. The first-order valence-corrected chi connectivity index (χ1v) is 20.9. The number of benzene rings is 5. The Morgan fingerprint density at radius 3 is 2.33 bits per heavy atom. The first-order chi connectivity index (χ1) is 26.4. The number of unbranched alkanes of at least 4 members (excludes halogenated alkanes) is 1. The van der Waals surface area contributed by atoms with Crippen molar-refractivity contribution in [3.63, 3.8) is 0 Å². The molecule has 268 valence electrons. The minimum atomic E-state index is -0.00722. The number of rotatable bonds is 7. The summed E-state index contributed by atoms with van der Waals surface area (Å²) in [5.74, 6) is 2.45. The zero-order valence-corrected chi connectivity index (χ0v) is 32.3. The number of nitrogens with zero attached hydrogens (tertiary/aromatic N) is 1. The summed E-state index contributed by atoms with van der Waals surface area (Å²) in [5, 5.41) is 0. The molecule has 11 rings (SSSR count). The molecule has 0 saturated carbocycles. The number of anilines is 3. The van der Waals surface area contributed by atoms with E-state index in [-0.39, 0.29) is 10.8 Å². The highest BCUT2D eigenvalue weighted by atomic mass is 15.1. The van der Waals surface area contributed by atoms with Crippen LogP contribution in [-0.4, -0.2) is 0 Å². The minimum absolute atomic E-state index is 0.00722. The van der Waals surface area contributed by atoms with E-state index in [1.54, 1.807) is 33.4 Å². The van der Waals surface area contributed by atoms with E-state index in [1.165, 1.54) is 95.4 Å². The van der Waals surface area contributed by atoms with Gasteiger partial charge in [0.25, 0.3) is 0 Å². The first-order valence-electron chi connectivity index (χ1n) is 20.9. The van der Waals surface area contributed by atoms with Crippen LogP contribution in [0.4, 0.5) is 17.1 Å². The molecular weight excluding hydrogens is 651 g/mol. The Labute approximate surface area is 322 Å². The van der Waals surface area contributed by atoms with Crippen LogP contribution < -0.4 is 4.90 Å². The highest BCUT2D eigenvalue weighted by Crippen LogP contribution is 2.73. The zero-order valence-electron chi connectivity index (χ0n) is 32.3. The van der Waals surface area contributed by atoms with Crippen LogP contribution in [0, 0.1) is 17.8 Å². The van der Waals surface area contributed by atoms with Crippen molar-refractivity contribution in [3.05, 3.63) is 166 Å². The van der Waals surface area contributed by atoms with Gasteiger partial charge in [-0.1, -0.05) is 131 Å². The van der Waals surface area contributed by atoms with Crippen molar-refractivity contribution >= 4 is 22.6 Å². The number of para-hydroxylation sites is 1. The molecule has 54 heavy (non-hydrogen) atoms. The van der Waals surface area contributed by atoms with Gasteiger partial charge in [-0.2, -0.15) is 0 Å². The molecule has 1 nitrogen and oxygen atoms in total. The molecule has 5 aromatic carbocycles. The minimum Gasteiger partial charge on any atom is -0.310 e. The van der Waals surface area contributed by atoms with E-state index in [0.29, 0.717) is 23.7 Å². The lowest BCUT2D eigenvalue weighted by Crippen LogP contribution is -2.34. The van der Waals surface area contributed by atoms with E-state index in [1.807, 2.05) is 0 Å². The number of hydrogen-bond donors (Lipinski definition) is 0. The predicted octanol–water partition coefficient (Wildman–Crippen LogP) is 14.4. The SMILES string of the molecule is CCCCC1c2ccc(N(c3ccccc3)c3ccc(-c4ccc5c(c4)C46C7=C(CCC=C7c7cccc-5c74)C4C=CCCC46)cc3)cc2C(C)(C)C1C. The van der Waals surface area contributed by atoms with Crippen molar-refractivity contribution in [1.82, 2.24) is 0 Å². The molecule has 0 radical (unpaired) electrons. The normalized spacial score (nSPS) is 25.9. The van der Waals surface area contributed by atoms with Crippen molar-refractivity contribution in [2.24, 2.45) is 17.8 Å². The molecule has 0 heterocycles. The molecule has 0 fully saturated rings. The van der Waals surface area contributed by atoms with Gasteiger partial charge in [-0.3, -0.25) is 0 Å². The van der Waals surface area contributed by atoms with E-state index in [9.17, 15) is 0 Å². The highest BCUT2D eigenvalue weighted by Gasteiger charge is 2.63. The van der Waals surface area contributed by atoms with Gasteiger partial charge in [-0.25, -0.2) is 0 Å². The van der Waals surface area contributed by atoms with E-state index in [4.69, 9.17) is 0 Å². The molecule has 6 aliphatic carbocycles. The fraction of sp³-hybridized carbons (Fsp3) is 0.321. The molecule has 0 aliphatic heterocycles. The predicted molar refractivity (Wildman–Crippen MR) is 227 cm³/mol. The summed E-state index contributed by atoms with van der Waals surface area (Å²) >= 11 is 0. The maximum absolute atomic E-state index is 2.60. The van der Waals surface area contributed by atoms with Gasteiger partial charge in [0.1, 0.15) is 0 Å². The molecule has 1 spiro atoms. The second kappa shape index (κ2) is 11.8. The molecule has 0 aromatic heterocycles. The maximum Gasteiger partial charge on any atom is 0.0512 e. The van der Waals surface area contributed by atoms with Crippen molar-refractivity contribution in [3.8, 4) is 22.3 Å². The fourth-order valence-corrected chi connectivity index (χ4v) is 12.4. The lowest BCUT2D eigenvalue weighted by molar-refractivity contribution is 0.316. The van der Waals surface area contributed by atoms with Crippen LogP contribution in [0.2, 0.25) is 0 Å². The Hall–Kier alpha value is -4.88. The van der Waals surface area contributed by atoms with Gasteiger partial charge < -0.3 is 4.90 Å². The van der Waals surface area contributed by atoms with Gasteiger partial charge in [0.2, 0.25) is 0 Å². The van der Waals surface area contributed by atoms with E-state index < -0.39 is 0 Å². The first kappa shape index (κ1) is 32.5. The van der Waals surface area contributed by atoms with Gasteiger partial charge in [0, 0.05) is 23.0 Å². The van der Waals surface area contributed by atoms with Gasteiger partial charge >= 0.3 is 0 Å². The fourth-order valence-electron chi connectivity index (χ4n) is 12.4. The average molecular weight is 702 g/mol. The Balaban J connectivity index is 1.00. The van der Waals surface area contributed by atoms with Crippen LogP contribution in [0.1, 0.15) is 106 Å². The van der Waals surface area contributed by atoms with Crippen LogP contribution in [0.3, 0.4) is 0 Å². The summed E-state index contributed by atoms with van der Waals surface area (Å²) in [4.78, 5) is 2.46. The van der Waals surface area contributed by atoms with Crippen molar-refractivity contribution in [1.29, 1.82) is 0 Å².